The highest BCUT2D eigenvalue weighted by atomic mass is 16.5. The van der Waals surface area contributed by atoms with Crippen molar-refractivity contribution < 1.29 is 4.74 Å². The molecule has 0 saturated heterocycles. The topological polar surface area (TPSA) is 47.6 Å². The summed E-state index contributed by atoms with van der Waals surface area (Å²) in [5, 5.41) is 0. The Hall–Kier alpha value is -2.91. The summed E-state index contributed by atoms with van der Waals surface area (Å²) in [6.07, 6.45) is 8.83. The molecule has 0 spiro atoms. The smallest absolute Gasteiger partial charge is 0.135 e. The normalized spacial score (nSPS) is 14.0. The van der Waals surface area contributed by atoms with Gasteiger partial charge in [0.1, 0.15) is 11.5 Å². The van der Waals surface area contributed by atoms with Gasteiger partial charge in [0.05, 0.1) is 0 Å². The number of aliphatic imine (C=N–C) groups is 1. The van der Waals surface area contributed by atoms with E-state index >= 15 is 0 Å². The molecule has 0 radical (unpaired) electrons. The quantitative estimate of drug-likeness (QED) is 0.628. The van der Waals surface area contributed by atoms with Crippen LogP contribution in [0.15, 0.2) is 89.5 Å². The highest BCUT2D eigenvalue weighted by Gasteiger charge is 2.14. The van der Waals surface area contributed by atoms with Crippen LogP contribution in [-0.2, 0) is 4.74 Å². The molecular formula is C22H22N2O. The molecule has 0 atom stereocenters. The summed E-state index contributed by atoms with van der Waals surface area (Å²) in [5.74, 6) is 1.67. The van der Waals surface area contributed by atoms with E-state index < -0.39 is 0 Å². The SMILES string of the molecule is NCCCN=CC=C1C=C(c2ccccc2)OC(c2ccccc2)=C1. The predicted octanol–water partition coefficient (Wildman–Crippen LogP) is 4.44. The van der Waals surface area contributed by atoms with E-state index in [0.717, 1.165) is 41.2 Å². The Bertz CT molecular complexity index is 745. The summed E-state index contributed by atoms with van der Waals surface area (Å²) >= 11 is 0. The lowest BCUT2D eigenvalue weighted by atomic mass is 10.0. The molecule has 2 aromatic rings. The van der Waals surface area contributed by atoms with Crippen LogP contribution in [0, 0.1) is 0 Å². The van der Waals surface area contributed by atoms with Gasteiger partial charge in [0.15, 0.2) is 0 Å². The van der Waals surface area contributed by atoms with Gasteiger partial charge in [-0.2, -0.15) is 0 Å². The summed E-state index contributed by atoms with van der Waals surface area (Å²) in [6.45, 7) is 1.42. The monoisotopic (exact) mass is 330 g/mol. The maximum Gasteiger partial charge on any atom is 0.135 e. The van der Waals surface area contributed by atoms with Crippen molar-refractivity contribution in [3.8, 4) is 0 Å². The number of hydrogen-bond acceptors (Lipinski definition) is 3. The van der Waals surface area contributed by atoms with Crippen LogP contribution in [0.5, 0.6) is 0 Å². The molecule has 0 fully saturated rings. The Morgan fingerprint density at radius 3 is 1.92 bits per heavy atom. The van der Waals surface area contributed by atoms with Gasteiger partial charge in [0.2, 0.25) is 0 Å². The van der Waals surface area contributed by atoms with Crippen LogP contribution in [0.3, 0.4) is 0 Å². The summed E-state index contributed by atoms with van der Waals surface area (Å²) in [6, 6.07) is 20.2. The third kappa shape index (κ3) is 4.78. The Kier molecular flexibility index (Phi) is 5.96. The largest absolute Gasteiger partial charge is 0.456 e. The molecule has 1 heterocycles. The molecule has 2 N–H and O–H groups in total. The zero-order valence-electron chi connectivity index (χ0n) is 14.1. The lowest BCUT2D eigenvalue weighted by Crippen LogP contribution is -2.00. The first-order valence-electron chi connectivity index (χ1n) is 8.49. The lowest BCUT2D eigenvalue weighted by molar-refractivity contribution is 0.467. The van der Waals surface area contributed by atoms with Crippen LogP contribution >= 0.6 is 0 Å². The summed E-state index contributed by atoms with van der Waals surface area (Å²) in [4.78, 5) is 4.37. The first kappa shape index (κ1) is 16.9. The fourth-order valence-corrected chi connectivity index (χ4v) is 2.50. The maximum atomic E-state index is 6.15. The summed E-state index contributed by atoms with van der Waals surface area (Å²) in [7, 11) is 0. The van der Waals surface area contributed by atoms with Gasteiger partial charge < -0.3 is 10.5 Å². The van der Waals surface area contributed by atoms with Crippen LogP contribution in [-0.4, -0.2) is 19.3 Å². The lowest BCUT2D eigenvalue weighted by Gasteiger charge is -2.18. The van der Waals surface area contributed by atoms with Crippen molar-refractivity contribution in [2.75, 3.05) is 13.1 Å². The number of ether oxygens (including phenoxy) is 1. The Labute approximate surface area is 148 Å². The minimum Gasteiger partial charge on any atom is -0.456 e. The minimum atomic E-state index is 0.665. The summed E-state index contributed by atoms with van der Waals surface area (Å²) in [5.41, 5.74) is 8.65. The zero-order chi connectivity index (χ0) is 17.3. The minimum absolute atomic E-state index is 0.665. The van der Waals surface area contributed by atoms with Crippen LogP contribution in [0.1, 0.15) is 17.5 Å². The van der Waals surface area contributed by atoms with E-state index in [2.05, 4.69) is 4.99 Å². The van der Waals surface area contributed by atoms with Gasteiger partial charge in [-0.15, -0.1) is 0 Å². The van der Waals surface area contributed by atoms with Crippen molar-refractivity contribution in [1.82, 2.24) is 0 Å². The molecule has 0 amide bonds. The molecule has 3 heteroatoms. The number of hydrogen-bond donors (Lipinski definition) is 1. The standard InChI is InChI=1S/C22H22N2O/c23-13-7-14-24-15-12-18-16-21(19-8-3-1-4-9-19)25-22(17-18)20-10-5-2-6-11-20/h1-6,8-12,15-17H,7,13-14,23H2. The van der Waals surface area contributed by atoms with Crippen LogP contribution in [0.25, 0.3) is 11.5 Å². The van der Waals surface area contributed by atoms with E-state index in [1.807, 2.05) is 85.1 Å². The second-order valence-corrected chi connectivity index (χ2v) is 5.72. The Balaban J connectivity index is 1.90. The van der Waals surface area contributed by atoms with E-state index in [4.69, 9.17) is 10.5 Å². The molecule has 1 aliphatic rings. The van der Waals surface area contributed by atoms with Crippen molar-refractivity contribution in [3.63, 3.8) is 0 Å². The molecule has 25 heavy (non-hydrogen) atoms. The van der Waals surface area contributed by atoms with Gasteiger partial charge in [0, 0.05) is 23.9 Å². The molecule has 3 rings (SSSR count). The van der Waals surface area contributed by atoms with E-state index in [0.29, 0.717) is 6.54 Å². The number of rotatable bonds is 6. The van der Waals surface area contributed by atoms with Crippen LogP contribution in [0.2, 0.25) is 0 Å². The Morgan fingerprint density at radius 1 is 0.840 bits per heavy atom. The molecule has 0 aliphatic carbocycles. The first-order valence-corrected chi connectivity index (χ1v) is 8.49. The van der Waals surface area contributed by atoms with E-state index in [9.17, 15) is 0 Å². The van der Waals surface area contributed by atoms with Gasteiger partial charge in [0.25, 0.3) is 0 Å². The molecule has 2 aromatic carbocycles. The molecular weight excluding hydrogens is 308 g/mol. The van der Waals surface area contributed by atoms with Crippen molar-refractivity contribution in [3.05, 3.63) is 95.6 Å². The third-order valence-corrected chi connectivity index (χ3v) is 3.80. The first-order chi connectivity index (χ1) is 12.4. The molecule has 126 valence electrons. The molecule has 0 unspecified atom stereocenters. The second kappa shape index (κ2) is 8.81. The van der Waals surface area contributed by atoms with Crippen LogP contribution in [0.4, 0.5) is 0 Å². The van der Waals surface area contributed by atoms with Crippen molar-refractivity contribution >= 4 is 17.7 Å². The third-order valence-electron chi connectivity index (χ3n) is 3.80. The molecule has 0 bridgehead atoms. The van der Waals surface area contributed by atoms with Gasteiger partial charge in [-0.1, -0.05) is 60.7 Å². The van der Waals surface area contributed by atoms with E-state index in [1.54, 1.807) is 0 Å². The van der Waals surface area contributed by atoms with E-state index in [1.165, 1.54) is 0 Å². The molecule has 0 aromatic heterocycles. The second-order valence-electron chi connectivity index (χ2n) is 5.72. The highest BCUT2D eigenvalue weighted by molar-refractivity contribution is 5.82. The van der Waals surface area contributed by atoms with Crippen LogP contribution < -0.4 is 5.73 Å². The molecule has 1 aliphatic heterocycles. The van der Waals surface area contributed by atoms with Crippen molar-refractivity contribution in [2.24, 2.45) is 10.7 Å². The maximum absolute atomic E-state index is 6.15. The Morgan fingerprint density at radius 2 is 1.40 bits per heavy atom. The number of nitrogens with zero attached hydrogens (tertiary/aromatic N) is 1. The van der Waals surface area contributed by atoms with Crippen molar-refractivity contribution in [2.45, 2.75) is 6.42 Å². The van der Waals surface area contributed by atoms with Gasteiger partial charge >= 0.3 is 0 Å². The number of allylic oxidation sites excluding steroid dienone is 4. The summed E-state index contributed by atoms with van der Waals surface area (Å²) < 4.78 is 6.15. The average Bonchev–Trinajstić information content (AvgIpc) is 2.69. The highest BCUT2D eigenvalue weighted by Crippen LogP contribution is 2.31. The van der Waals surface area contributed by atoms with Gasteiger partial charge in [-0.05, 0) is 36.8 Å². The molecule has 3 nitrogen and oxygen atoms in total. The number of nitrogens with two attached hydrogens (primary N) is 1. The van der Waals surface area contributed by atoms with Gasteiger partial charge in [-0.25, -0.2) is 0 Å². The predicted molar refractivity (Wildman–Crippen MR) is 105 cm³/mol. The van der Waals surface area contributed by atoms with E-state index in [-0.39, 0.29) is 0 Å². The zero-order valence-corrected chi connectivity index (χ0v) is 14.1. The number of benzene rings is 2. The van der Waals surface area contributed by atoms with Gasteiger partial charge in [-0.3, -0.25) is 4.99 Å². The van der Waals surface area contributed by atoms with Crippen molar-refractivity contribution in [1.29, 1.82) is 0 Å². The average molecular weight is 330 g/mol. The molecule has 0 saturated carbocycles. The fourth-order valence-electron chi connectivity index (χ4n) is 2.50. The fraction of sp³-hybridized carbons (Fsp3) is 0.136.